The zero-order valence-electron chi connectivity index (χ0n) is 11.3. The summed E-state index contributed by atoms with van der Waals surface area (Å²) in [6.07, 6.45) is 2.42. The van der Waals surface area contributed by atoms with Crippen molar-refractivity contribution in [3.8, 4) is 5.75 Å². The first kappa shape index (κ1) is 13.3. The number of benzene rings is 2. The first-order chi connectivity index (χ1) is 8.92. The molecule has 0 heterocycles. The maximum absolute atomic E-state index is 11.2. The molecule has 3 heteroatoms. The van der Waals surface area contributed by atoms with Gasteiger partial charge in [-0.25, -0.2) is 0 Å². The summed E-state index contributed by atoms with van der Waals surface area (Å²) in [5.41, 5.74) is 0.902. The quantitative estimate of drug-likeness (QED) is 0.658. The van der Waals surface area contributed by atoms with E-state index in [0.717, 1.165) is 11.7 Å². The van der Waals surface area contributed by atoms with Crippen LogP contribution in [0.15, 0.2) is 35.3 Å². The number of nitrogens with zero attached hydrogens (tertiary/aromatic N) is 1. The highest BCUT2D eigenvalue weighted by atomic mass is 16.3. The van der Waals surface area contributed by atoms with E-state index in [9.17, 15) is 9.90 Å². The average Bonchev–Trinajstić information content (AvgIpc) is 2.37. The third kappa shape index (κ3) is 2.81. The normalized spacial score (nSPS) is 12.2. The van der Waals surface area contributed by atoms with Gasteiger partial charge in [-0.3, -0.25) is 9.79 Å². The van der Waals surface area contributed by atoms with E-state index in [1.54, 1.807) is 18.3 Å². The Balaban J connectivity index is 2.66. The second-order valence-corrected chi connectivity index (χ2v) is 5.50. The molecule has 0 atom stereocenters. The summed E-state index contributed by atoms with van der Waals surface area (Å²) >= 11 is 0. The van der Waals surface area contributed by atoms with Gasteiger partial charge in [0.05, 0.1) is 5.54 Å². The van der Waals surface area contributed by atoms with Crippen molar-refractivity contribution < 1.29 is 9.90 Å². The Labute approximate surface area is 112 Å². The number of aldehydes is 1. The molecule has 0 fully saturated rings. The number of fused-ring (bicyclic) bond motifs is 1. The fourth-order valence-electron chi connectivity index (χ4n) is 1.87. The summed E-state index contributed by atoms with van der Waals surface area (Å²) < 4.78 is 0. The Morgan fingerprint density at radius 1 is 1.11 bits per heavy atom. The van der Waals surface area contributed by atoms with E-state index < -0.39 is 0 Å². The number of aliphatic imine (C=N–C) groups is 1. The van der Waals surface area contributed by atoms with E-state index in [1.807, 2.05) is 39.0 Å². The van der Waals surface area contributed by atoms with Crippen LogP contribution in [0.3, 0.4) is 0 Å². The van der Waals surface area contributed by atoms with Crippen molar-refractivity contribution in [3.05, 3.63) is 41.5 Å². The molecule has 1 N–H and O–H groups in total. The molecule has 0 aliphatic rings. The van der Waals surface area contributed by atoms with Crippen molar-refractivity contribution in [1.82, 2.24) is 0 Å². The van der Waals surface area contributed by atoms with Crippen molar-refractivity contribution in [1.29, 1.82) is 0 Å². The Morgan fingerprint density at radius 2 is 1.74 bits per heavy atom. The topological polar surface area (TPSA) is 49.7 Å². The largest absolute Gasteiger partial charge is 0.507 e. The van der Waals surface area contributed by atoms with Crippen LogP contribution in [-0.2, 0) is 0 Å². The third-order valence-electron chi connectivity index (χ3n) is 2.80. The number of aromatic hydroxyl groups is 1. The molecule has 2 aromatic rings. The highest BCUT2D eigenvalue weighted by Crippen LogP contribution is 2.30. The summed E-state index contributed by atoms with van der Waals surface area (Å²) in [6.45, 7) is 5.92. The van der Waals surface area contributed by atoms with Gasteiger partial charge in [0.2, 0.25) is 0 Å². The maximum Gasteiger partial charge on any atom is 0.150 e. The van der Waals surface area contributed by atoms with Crippen LogP contribution in [0.5, 0.6) is 5.75 Å². The summed E-state index contributed by atoms with van der Waals surface area (Å²) in [7, 11) is 0. The van der Waals surface area contributed by atoms with Gasteiger partial charge >= 0.3 is 0 Å². The van der Waals surface area contributed by atoms with Gasteiger partial charge in [-0.2, -0.15) is 0 Å². The highest BCUT2D eigenvalue weighted by molar-refractivity contribution is 6.05. The van der Waals surface area contributed by atoms with E-state index in [1.165, 1.54) is 0 Å². The molecule has 19 heavy (non-hydrogen) atoms. The maximum atomic E-state index is 11.2. The van der Waals surface area contributed by atoms with Crippen LogP contribution < -0.4 is 0 Å². The zero-order valence-corrected chi connectivity index (χ0v) is 11.3. The molecule has 0 amide bonds. The molecule has 0 aliphatic heterocycles. The summed E-state index contributed by atoms with van der Waals surface area (Å²) in [5.74, 6) is 0.161. The number of phenols is 1. The number of hydrogen-bond donors (Lipinski definition) is 1. The van der Waals surface area contributed by atoms with Crippen molar-refractivity contribution in [2.24, 2.45) is 4.99 Å². The molecule has 0 saturated carbocycles. The van der Waals surface area contributed by atoms with Crippen LogP contribution in [0.4, 0.5) is 0 Å². The molecule has 0 saturated heterocycles. The Kier molecular flexibility index (Phi) is 3.38. The first-order valence-corrected chi connectivity index (χ1v) is 6.17. The van der Waals surface area contributed by atoms with Crippen LogP contribution in [0.2, 0.25) is 0 Å². The first-order valence-electron chi connectivity index (χ1n) is 6.17. The van der Waals surface area contributed by atoms with E-state index >= 15 is 0 Å². The van der Waals surface area contributed by atoms with E-state index in [0.29, 0.717) is 16.5 Å². The summed E-state index contributed by atoms with van der Waals surface area (Å²) in [5, 5.41) is 11.7. The van der Waals surface area contributed by atoms with Gasteiger partial charge in [0.15, 0.2) is 6.29 Å². The zero-order chi connectivity index (χ0) is 14.0. The van der Waals surface area contributed by atoms with E-state index in [-0.39, 0.29) is 11.3 Å². The molecular formula is C16H17NO2. The third-order valence-corrected chi connectivity index (χ3v) is 2.80. The number of carbonyl (C=O) groups is 1. The number of rotatable bonds is 2. The second kappa shape index (κ2) is 4.84. The smallest absolute Gasteiger partial charge is 0.150 e. The molecule has 3 nitrogen and oxygen atoms in total. The Bertz CT molecular complexity index is 652. The molecule has 0 aromatic heterocycles. The minimum atomic E-state index is -0.223. The lowest BCUT2D eigenvalue weighted by atomic mass is 10.0. The molecule has 0 aliphatic carbocycles. The van der Waals surface area contributed by atoms with Gasteiger partial charge in [-0.1, -0.05) is 24.3 Å². The van der Waals surface area contributed by atoms with Crippen molar-refractivity contribution >= 4 is 23.3 Å². The Morgan fingerprint density at radius 3 is 2.32 bits per heavy atom. The lowest BCUT2D eigenvalue weighted by Crippen LogP contribution is -2.09. The van der Waals surface area contributed by atoms with Gasteiger partial charge in [0.25, 0.3) is 0 Å². The SMILES string of the molecule is CC(C)(C)N=Cc1cc(C=O)c2ccccc2c1O. The standard InChI is InChI=1S/C16H17NO2/c1-16(2,3)17-9-11-8-12(10-18)13-6-4-5-7-14(13)15(11)19/h4-10,19H,1-3H3. The fourth-order valence-corrected chi connectivity index (χ4v) is 1.87. The molecule has 0 bridgehead atoms. The second-order valence-electron chi connectivity index (χ2n) is 5.50. The van der Waals surface area contributed by atoms with Crippen LogP contribution in [0.25, 0.3) is 10.8 Å². The lowest BCUT2D eigenvalue weighted by molar-refractivity contribution is 0.112. The van der Waals surface area contributed by atoms with Gasteiger partial charge < -0.3 is 5.11 Å². The van der Waals surface area contributed by atoms with Crippen LogP contribution in [-0.4, -0.2) is 23.1 Å². The van der Waals surface area contributed by atoms with Crippen LogP contribution in [0, 0.1) is 0 Å². The van der Waals surface area contributed by atoms with E-state index in [4.69, 9.17) is 0 Å². The highest BCUT2D eigenvalue weighted by Gasteiger charge is 2.11. The van der Waals surface area contributed by atoms with E-state index in [2.05, 4.69) is 4.99 Å². The molecule has 0 spiro atoms. The molecule has 98 valence electrons. The fraction of sp³-hybridized carbons (Fsp3) is 0.250. The van der Waals surface area contributed by atoms with Gasteiger partial charge in [-0.05, 0) is 32.2 Å². The predicted molar refractivity (Wildman–Crippen MR) is 78.3 cm³/mol. The van der Waals surface area contributed by atoms with Crippen molar-refractivity contribution in [3.63, 3.8) is 0 Å². The number of hydrogen-bond acceptors (Lipinski definition) is 3. The van der Waals surface area contributed by atoms with Crippen molar-refractivity contribution in [2.45, 2.75) is 26.3 Å². The molecule has 0 unspecified atom stereocenters. The minimum absolute atomic E-state index is 0.161. The number of carbonyl (C=O) groups excluding carboxylic acids is 1. The molecular weight excluding hydrogens is 238 g/mol. The van der Waals surface area contributed by atoms with Crippen LogP contribution in [0.1, 0.15) is 36.7 Å². The predicted octanol–water partition coefficient (Wildman–Crippen LogP) is 3.58. The molecule has 2 rings (SSSR count). The molecule has 2 aromatic carbocycles. The average molecular weight is 255 g/mol. The summed E-state index contributed by atoms with van der Waals surface area (Å²) in [6, 6.07) is 8.97. The van der Waals surface area contributed by atoms with Gasteiger partial charge in [0.1, 0.15) is 5.75 Å². The van der Waals surface area contributed by atoms with Gasteiger partial charge in [-0.15, -0.1) is 0 Å². The summed E-state index contributed by atoms with van der Waals surface area (Å²) in [4.78, 5) is 15.5. The monoisotopic (exact) mass is 255 g/mol. The van der Waals surface area contributed by atoms with Gasteiger partial charge in [0, 0.05) is 22.7 Å². The lowest BCUT2D eigenvalue weighted by Gasteiger charge is -2.12. The van der Waals surface area contributed by atoms with Crippen molar-refractivity contribution in [2.75, 3.05) is 0 Å². The van der Waals surface area contributed by atoms with Crippen LogP contribution >= 0.6 is 0 Å². The number of phenolic OH excluding ortho intramolecular Hbond substituents is 1. The minimum Gasteiger partial charge on any atom is -0.507 e. The molecule has 0 radical (unpaired) electrons. The Hall–Kier alpha value is -2.16.